The normalized spacial score (nSPS) is 24.5. The van der Waals surface area contributed by atoms with Gasteiger partial charge >= 0.3 is 0 Å². The van der Waals surface area contributed by atoms with E-state index in [4.69, 9.17) is 15.2 Å². The zero-order valence-electron chi connectivity index (χ0n) is 11.9. The molecule has 0 amide bonds. The summed E-state index contributed by atoms with van der Waals surface area (Å²) in [5, 5.41) is 3.57. The Kier molecular flexibility index (Phi) is 7.05. The van der Waals surface area contributed by atoms with E-state index in [2.05, 4.69) is 15.1 Å². The number of hydrogen-bond acceptors (Lipinski definition) is 6. The van der Waals surface area contributed by atoms with Gasteiger partial charge in [0.15, 0.2) is 0 Å². The summed E-state index contributed by atoms with van der Waals surface area (Å²) in [4.78, 5) is 4.86. The SMILES string of the molecule is NCC(NCCCN1CCOCC1)N1CCOCC1. The Morgan fingerprint density at radius 1 is 1.00 bits per heavy atom. The van der Waals surface area contributed by atoms with E-state index in [1.165, 1.54) is 6.42 Å². The number of nitrogens with one attached hydrogen (secondary N) is 1. The summed E-state index contributed by atoms with van der Waals surface area (Å²) in [7, 11) is 0. The summed E-state index contributed by atoms with van der Waals surface area (Å²) in [6.07, 6.45) is 1.47. The summed E-state index contributed by atoms with van der Waals surface area (Å²) in [6, 6.07) is 0. The van der Waals surface area contributed by atoms with Crippen LogP contribution in [-0.2, 0) is 9.47 Å². The van der Waals surface area contributed by atoms with Crippen molar-refractivity contribution in [2.75, 3.05) is 72.2 Å². The molecule has 0 bridgehead atoms. The highest BCUT2D eigenvalue weighted by molar-refractivity contribution is 4.73. The maximum atomic E-state index is 5.86. The molecule has 0 aliphatic carbocycles. The van der Waals surface area contributed by atoms with Gasteiger partial charge in [-0.05, 0) is 19.5 Å². The minimum atomic E-state index is 0.300. The molecule has 0 aromatic heterocycles. The van der Waals surface area contributed by atoms with Crippen molar-refractivity contribution in [3.8, 4) is 0 Å². The van der Waals surface area contributed by atoms with Gasteiger partial charge in [-0.2, -0.15) is 0 Å². The molecule has 0 aromatic carbocycles. The Bertz CT molecular complexity index is 231. The van der Waals surface area contributed by atoms with E-state index >= 15 is 0 Å². The summed E-state index contributed by atoms with van der Waals surface area (Å²) in [5.41, 5.74) is 5.86. The van der Waals surface area contributed by atoms with Crippen molar-refractivity contribution in [2.24, 2.45) is 5.73 Å². The predicted molar refractivity (Wildman–Crippen MR) is 75.1 cm³/mol. The minimum absolute atomic E-state index is 0.300. The molecule has 0 saturated carbocycles. The predicted octanol–water partition coefficient (Wildman–Crippen LogP) is -1.08. The lowest BCUT2D eigenvalue weighted by Gasteiger charge is -2.34. The summed E-state index contributed by atoms with van der Waals surface area (Å²) >= 11 is 0. The van der Waals surface area contributed by atoms with E-state index in [0.29, 0.717) is 12.7 Å². The monoisotopic (exact) mass is 272 g/mol. The van der Waals surface area contributed by atoms with Gasteiger partial charge in [0.1, 0.15) is 0 Å². The fourth-order valence-electron chi connectivity index (χ4n) is 2.65. The molecule has 0 radical (unpaired) electrons. The standard InChI is InChI=1S/C13H28N4O2/c14-12-13(17-6-10-19-11-7-17)15-2-1-3-16-4-8-18-9-5-16/h13,15H,1-12,14H2. The van der Waals surface area contributed by atoms with Crippen molar-refractivity contribution < 1.29 is 9.47 Å². The van der Waals surface area contributed by atoms with Gasteiger partial charge in [-0.25, -0.2) is 0 Å². The Morgan fingerprint density at radius 3 is 2.26 bits per heavy atom. The van der Waals surface area contributed by atoms with Crippen LogP contribution >= 0.6 is 0 Å². The van der Waals surface area contributed by atoms with Crippen LogP contribution in [0, 0.1) is 0 Å². The zero-order valence-corrected chi connectivity index (χ0v) is 11.9. The van der Waals surface area contributed by atoms with Crippen LogP contribution in [0.1, 0.15) is 6.42 Å². The van der Waals surface area contributed by atoms with E-state index < -0.39 is 0 Å². The molecule has 0 aromatic rings. The molecule has 2 aliphatic rings. The van der Waals surface area contributed by atoms with Crippen molar-refractivity contribution in [1.29, 1.82) is 0 Å². The number of nitrogens with zero attached hydrogens (tertiary/aromatic N) is 2. The quantitative estimate of drug-likeness (QED) is 0.575. The van der Waals surface area contributed by atoms with Gasteiger partial charge in [-0.15, -0.1) is 0 Å². The topological polar surface area (TPSA) is 63.0 Å². The number of rotatable bonds is 7. The fourth-order valence-corrected chi connectivity index (χ4v) is 2.65. The lowest BCUT2D eigenvalue weighted by atomic mass is 10.3. The summed E-state index contributed by atoms with van der Waals surface area (Å²) in [6.45, 7) is 10.4. The molecule has 2 heterocycles. The van der Waals surface area contributed by atoms with Crippen molar-refractivity contribution >= 4 is 0 Å². The zero-order chi connectivity index (χ0) is 13.3. The van der Waals surface area contributed by atoms with Gasteiger partial charge < -0.3 is 20.5 Å². The molecule has 2 fully saturated rings. The highest BCUT2D eigenvalue weighted by Gasteiger charge is 2.19. The first kappa shape index (κ1) is 15.2. The highest BCUT2D eigenvalue weighted by Crippen LogP contribution is 2.01. The van der Waals surface area contributed by atoms with Crippen molar-refractivity contribution in [2.45, 2.75) is 12.6 Å². The average Bonchev–Trinajstić information content (AvgIpc) is 2.49. The molecule has 3 N–H and O–H groups in total. The van der Waals surface area contributed by atoms with Crippen LogP contribution in [-0.4, -0.2) is 88.2 Å². The average molecular weight is 272 g/mol. The molecule has 2 saturated heterocycles. The summed E-state index contributed by atoms with van der Waals surface area (Å²) in [5.74, 6) is 0. The molecule has 6 heteroatoms. The first-order valence-corrected chi connectivity index (χ1v) is 7.45. The van der Waals surface area contributed by atoms with E-state index in [1.54, 1.807) is 0 Å². The second-order valence-electron chi connectivity index (χ2n) is 5.16. The van der Waals surface area contributed by atoms with Gasteiger partial charge in [-0.1, -0.05) is 0 Å². The number of morpholine rings is 2. The fraction of sp³-hybridized carbons (Fsp3) is 1.00. The molecular formula is C13H28N4O2. The maximum absolute atomic E-state index is 5.86. The van der Waals surface area contributed by atoms with Crippen LogP contribution in [0.5, 0.6) is 0 Å². The second-order valence-corrected chi connectivity index (χ2v) is 5.16. The highest BCUT2D eigenvalue weighted by atomic mass is 16.5. The van der Waals surface area contributed by atoms with Crippen LogP contribution in [0.25, 0.3) is 0 Å². The first-order valence-electron chi connectivity index (χ1n) is 7.45. The molecule has 19 heavy (non-hydrogen) atoms. The molecule has 112 valence electrons. The van der Waals surface area contributed by atoms with E-state index in [9.17, 15) is 0 Å². The molecule has 0 spiro atoms. The Balaban J connectivity index is 1.57. The van der Waals surface area contributed by atoms with E-state index in [1.807, 2.05) is 0 Å². The number of ether oxygens (including phenoxy) is 2. The first-order chi connectivity index (χ1) is 9.40. The third-order valence-corrected chi connectivity index (χ3v) is 3.84. The van der Waals surface area contributed by atoms with Crippen molar-refractivity contribution in [1.82, 2.24) is 15.1 Å². The number of nitrogens with two attached hydrogens (primary N) is 1. The molecular weight excluding hydrogens is 244 g/mol. The smallest absolute Gasteiger partial charge is 0.0725 e. The maximum Gasteiger partial charge on any atom is 0.0725 e. The minimum Gasteiger partial charge on any atom is -0.379 e. The lowest BCUT2D eigenvalue weighted by Crippen LogP contribution is -2.54. The van der Waals surface area contributed by atoms with Gasteiger partial charge in [-0.3, -0.25) is 9.80 Å². The third-order valence-electron chi connectivity index (χ3n) is 3.84. The van der Waals surface area contributed by atoms with Crippen LogP contribution in [0.4, 0.5) is 0 Å². The summed E-state index contributed by atoms with van der Waals surface area (Å²) < 4.78 is 10.7. The third kappa shape index (κ3) is 5.33. The molecule has 2 rings (SSSR count). The molecule has 2 aliphatic heterocycles. The van der Waals surface area contributed by atoms with Crippen molar-refractivity contribution in [3.05, 3.63) is 0 Å². The Labute approximate surface area is 116 Å². The van der Waals surface area contributed by atoms with Gasteiger partial charge in [0.05, 0.1) is 32.6 Å². The molecule has 6 nitrogen and oxygen atoms in total. The Hall–Kier alpha value is -0.240. The number of hydrogen-bond donors (Lipinski definition) is 2. The van der Waals surface area contributed by atoms with Crippen LogP contribution in [0.2, 0.25) is 0 Å². The van der Waals surface area contributed by atoms with Crippen LogP contribution < -0.4 is 11.1 Å². The largest absolute Gasteiger partial charge is 0.379 e. The van der Waals surface area contributed by atoms with Gasteiger partial charge in [0.2, 0.25) is 0 Å². The Morgan fingerprint density at radius 2 is 1.63 bits per heavy atom. The van der Waals surface area contributed by atoms with E-state index in [0.717, 1.165) is 65.7 Å². The lowest BCUT2D eigenvalue weighted by molar-refractivity contribution is 0.0102. The van der Waals surface area contributed by atoms with Gasteiger partial charge in [0, 0.05) is 32.7 Å². The molecule has 1 atom stereocenters. The van der Waals surface area contributed by atoms with Gasteiger partial charge in [0.25, 0.3) is 0 Å². The van der Waals surface area contributed by atoms with Crippen LogP contribution in [0.15, 0.2) is 0 Å². The second kappa shape index (κ2) is 8.84. The van der Waals surface area contributed by atoms with Crippen LogP contribution in [0.3, 0.4) is 0 Å². The van der Waals surface area contributed by atoms with E-state index in [-0.39, 0.29) is 0 Å². The molecule has 1 unspecified atom stereocenters. The van der Waals surface area contributed by atoms with Crippen molar-refractivity contribution in [3.63, 3.8) is 0 Å².